The van der Waals surface area contributed by atoms with Gasteiger partial charge in [-0.25, -0.2) is 9.00 Å². The number of rotatable bonds is 6. The number of thiol groups is 1. The lowest BCUT2D eigenvalue weighted by atomic mass is 10.3. The van der Waals surface area contributed by atoms with E-state index in [0.29, 0.717) is 16.4 Å². The molecule has 136 valence electrons. The summed E-state index contributed by atoms with van der Waals surface area (Å²) in [4.78, 5) is 15.8. The SMILES string of the molecule is C=C/C(I)=C(\N=C(/N)Nc1ccc(/[SH](=O)=N/C(=O)OCC)cc1)NC. The van der Waals surface area contributed by atoms with Gasteiger partial charge in [-0.3, -0.25) is 0 Å². The number of hydrogen-bond donors (Lipinski definition) is 4. The number of anilines is 1. The Labute approximate surface area is 162 Å². The molecule has 1 aromatic carbocycles. The highest BCUT2D eigenvalue weighted by molar-refractivity contribution is 14.1. The summed E-state index contributed by atoms with van der Waals surface area (Å²) < 4.78 is 20.9. The first-order valence-electron chi connectivity index (χ1n) is 7.18. The summed E-state index contributed by atoms with van der Waals surface area (Å²) in [5, 5.41) is 5.83. The molecule has 1 rings (SSSR count). The van der Waals surface area contributed by atoms with Crippen LogP contribution in [0.4, 0.5) is 10.5 Å². The molecule has 1 atom stereocenters. The molecule has 0 aromatic heterocycles. The van der Waals surface area contributed by atoms with Gasteiger partial charge in [0.05, 0.1) is 20.8 Å². The predicted molar refractivity (Wildman–Crippen MR) is 109 cm³/mol. The minimum atomic E-state index is -2.21. The molecule has 10 heteroatoms. The number of ether oxygens (including phenoxy) is 1. The lowest BCUT2D eigenvalue weighted by Crippen LogP contribution is -2.24. The number of guanidine groups is 1. The Hall–Kier alpha value is -2.08. The predicted octanol–water partition coefficient (Wildman–Crippen LogP) is 2.60. The first kappa shape index (κ1) is 21.0. The van der Waals surface area contributed by atoms with E-state index in [1.165, 1.54) is 0 Å². The molecular formula is C15H20IN5O3S. The summed E-state index contributed by atoms with van der Waals surface area (Å²) in [6, 6.07) is 6.48. The van der Waals surface area contributed by atoms with E-state index < -0.39 is 16.7 Å². The van der Waals surface area contributed by atoms with E-state index in [1.807, 2.05) is 0 Å². The number of carbonyl (C=O) groups excluding carboxylic acids is 1. The number of nitrogens with one attached hydrogen (secondary N) is 2. The molecule has 0 saturated carbocycles. The largest absolute Gasteiger partial charge is 0.448 e. The van der Waals surface area contributed by atoms with Gasteiger partial charge in [0.2, 0.25) is 0 Å². The maximum absolute atomic E-state index is 11.9. The van der Waals surface area contributed by atoms with Crippen molar-refractivity contribution >= 4 is 50.9 Å². The molecule has 1 amide bonds. The molecule has 0 bridgehead atoms. The van der Waals surface area contributed by atoms with E-state index in [0.717, 1.165) is 3.58 Å². The van der Waals surface area contributed by atoms with Crippen LogP contribution in [0.25, 0.3) is 0 Å². The van der Waals surface area contributed by atoms with Gasteiger partial charge >= 0.3 is 6.09 Å². The highest BCUT2D eigenvalue weighted by Gasteiger charge is 2.03. The van der Waals surface area contributed by atoms with E-state index in [4.69, 9.17) is 5.73 Å². The fraction of sp³-hybridized carbons (Fsp3) is 0.200. The van der Waals surface area contributed by atoms with Crippen molar-refractivity contribution in [2.75, 3.05) is 19.0 Å². The first-order chi connectivity index (χ1) is 11.9. The Kier molecular flexibility index (Phi) is 8.99. The van der Waals surface area contributed by atoms with Crippen molar-refractivity contribution in [2.24, 2.45) is 15.1 Å². The van der Waals surface area contributed by atoms with Crippen LogP contribution in [0.15, 0.2) is 60.6 Å². The Morgan fingerprint density at radius 1 is 1.44 bits per heavy atom. The van der Waals surface area contributed by atoms with Crippen LogP contribution in [0.1, 0.15) is 6.92 Å². The van der Waals surface area contributed by atoms with Crippen LogP contribution in [0, 0.1) is 0 Å². The molecule has 0 spiro atoms. The Morgan fingerprint density at radius 3 is 2.60 bits per heavy atom. The van der Waals surface area contributed by atoms with Crippen LogP contribution < -0.4 is 16.4 Å². The average Bonchev–Trinajstić information content (AvgIpc) is 2.59. The second-order valence-electron chi connectivity index (χ2n) is 4.39. The standard InChI is InChI=1S/C15H20IN5O3S/c1-4-12(16)13(18-3)20-14(17)19-10-6-8-11(9-7-10)25(23)21-15(22)24-5-2/h4,6-9,18,25H,1,5H2,2-3H3,(H3,17,19,20)/b13-12+. The zero-order valence-corrected chi connectivity index (χ0v) is 16.9. The van der Waals surface area contributed by atoms with Gasteiger partial charge in [0.15, 0.2) is 5.96 Å². The van der Waals surface area contributed by atoms with Crippen molar-refractivity contribution in [2.45, 2.75) is 11.8 Å². The Balaban J connectivity index is 2.88. The van der Waals surface area contributed by atoms with Crippen LogP contribution in [-0.4, -0.2) is 29.9 Å². The smallest absolute Gasteiger partial charge is 0.441 e. The number of allylic oxidation sites excluding steroid dienone is 2. The summed E-state index contributed by atoms with van der Waals surface area (Å²) in [7, 11) is -0.476. The molecule has 0 aliphatic carbocycles. The molecule has 1 unspecified atom stereocenters. The number of nitrogens with zero attached hydrogens (tertiary/aromatic N) is 2. The second kappa shape index (κ2) is 10.7. The van der Waals surface area contributed by atoms with Gasteiger partial charge < -0.3 is 21.1 Å². The number of carbonyl (C=O) groups is 1. The van der Waals surface area contributed by atoms with Gasteiger partial charge in [0.1, 0.15) is 5.82 Å². The van der Waals surface area contributed by atoms with Gasteiger partial charge in [0, 0.05) is 17.6 Å². The Morgan fingerprint density at radius 2 is 2.08 bits per heavy atom. The quantitative estimate of drug-likeness (QED) is 0.165. The number of halogens is 1. The maximum Gasteiger partial charge on any atom is 0.441 e. The topological polar surface area (TPSA) is 118 Å². The fourth-order valence-corrected chi connectivity index (χ4v) is 2.69. The molecule has 0 radical (unpaired) electrons. The van der Waals surface area contributed by atoms with Crippen molar-refractivity contribution in [1.82, 2.24) is 5.32 Å². The normalized spacial score (nSPS) is 13.6. The highest BCUT2D eigenvalue weighted by Crippen LogP contribution is 2.14. The van der Waals surface area contributed by atoms with Gasteiger partial charge in [-0.05, 0) is 53.8 Å². The van der Waals surface area contributed by atoms with E-state index in [9.17, 15) is 9.00 Å². The lowest BCUT2D eigenvalue weighted by Gasteiger charge is -2.08. The highest BCUT2D eigenvalue weighted by atomic mass is 127. The van der Waals surface area contributed by atoms with Crippen molar-refractivity contribution in [3.05, 3.63) is 46.3 Å². The molecule has 4 N–H and O–H groups in total. The zero-order valence-electron chi connectivity index (χ0n) is 13.8. The zero-order chi connectivity index (χ0) is 18.8. The molecule has 0 saturated heterocycles. The van der Waals surface area contributed by atoms with E-state index in [2.05, 4.69) is 53.9 Å². The fourth-order valence-electron chi connectivity index (χ4n) is 1.58. The van der Waals surface area contributed by atoms with Crippen molar-refractivity contribution < 1.29 is 13.7 Å². The van der Waals surface area contributed by atoms with Gasteiger partial charge in [-0.2, -0.15) is 4.99 Å². The van der Waals surface area contributed by atoms with Crippen LogP contribution >= 0.6 is 22.6 Å². The molecule has 25 heavy (non-hydrogen) atoms. The monoisotopic (exact) mass is 477 g/mol. The summed E-state index contributed by atoms with van der Waals surface area (Å²) in [6.07, 6.45) is 0.812. The third kappa shape index (κ3) is 7.13. The number of nitrogens with two attached hydrogens (primary N) is 1. The summed E-state index contributed by atoms with van der Waals surface area (Å²) in [5.41, 5.74) is 6.51. The number of benzene rings is 1. The van der Waals surface area contributed by atoms with E-state index >= 15 is 0 Å². The van der Waals surface area contributed by atoms with Crippen LogP contribution in [-0.2, 0) is 15.3 Å². The molecule has 1 aromatic rings. The minimum Gasteiger partial charge on any atom is -0.448 e. The van der Waals surface area contributed by atoms with Crippen molar-refractivity contribution in [1.29, 1.82) is 0 Å². The summed E-state index contributed by atoms with van der Waals surface area (Å²) in [6.45, 7) is 5.51. The molecule has 8 nitrogen and oxygen atoms in total. The lowest BCUT2D eigenvalue weighted by molar-refractivity contribution is 0.164. The summed E-state index contributed by atoms with van der Waals surface area (Å²) in [5.74, 6) is 0.752. The van der Waals surface area contributed by atoms with E-state index in [1.54, 1.807) is 44.3 Å². The summed E-state index contributed by atoms with van der Waals surface area (Å²) >= 11 is 2.09. The molecule has 0 fully saturated rings. The second-order valence-corrected chi connectivity index (χ2v) is 6.82. The van der Waals surface area contributed by atoms with E-state index in [-0.39, 0.29) is 12.6 Å². The first-order valence-corrected chi connectivity index (χ1v) is 9.47. The van der Waals surface area contributed by atoms with Crippen molar-refractivity contribution in [3.8, 4) is 0 Å². The van der Waals surface area contributed by atoms with Gasteiger partial charge in [0.25, 0.3) is 0 Å². The minimum absolute atomic E-state index is 0.175. The molecular weight excluding hydrogens is 457 g/mol. The third-order valence-electron chi connectivity index (χ3n) is 2.68. The number of hydrogen-bond acceptors (Lipinski definition) is 5. The molecule has 0 aliphatic rings. The number of aliphatic imine (C=N–C) groups is 1. The van der Waals surface area contributed by atoms with Crippen LogP contribution in [0.2, 0.25) is 0 Å². The average molecular weight is 477 g/mol. The molecule has 0 heterocycles. The Bertz CT molecular complexity index is 768. The van der Waals surface area contributed by atoms with Crippen LogP contribution in [0.3, 0.4) is 0 Å². The van der Waals surface area contributed by atoms with Gasteiger partial charge in [-0.15, -0.1) is 4.36 Å². The molecule has 0 aliphatic heterocycles. The number of amides is 1. The van der Waals surface area contributed by atoms with Crippen molar-refractivity contribution in [3.63, 3.8) is 0 Å². The third-order valence-corrected chi connectivity index (χ3v) is 4.71. The van der Waals surface area contributed by atoms with Crippen LogP contribution in [0.5, 0.6) is 0 Å². The van der Waals surface area contributed by atoms with Gasteiger partial charge in [-0.1, -0.05) is 12.7 Å². The maximum atomic E-state index is 11.9.